The summed E-state index contributed by atoms with van der Waals surface area (Å²) in [5.74, 6) is -1.41. The fraction of sp³-hybridized carbons (Fsp3) is 0.565. The van der Waals surface area contributed by atoms with Crippen molar-refractivity contribution in [3.63, 3.8) is 0 Å². The van der Waals surface area contributed by atoms with Crippen molar-refractivity contribution in [2.75, 3.05) is 11.5 Å². The summed E-state index contributed by atoms with van der Waals surface area (Å²) in [6.45, 7) is 5.84. The summed E-state index contributed by atoms with van der Waals surface area (Å²) in [5, 5.41) is 3.74. The molecule has 3 rings (SSSR count). The number of fused-ring (bicyclic) bond motifs is 1. The summed E-state index contributed by atoms with van der Waals surface area (Å²) in [6.07, 6.45) is 4.03. The minimum atomic E-state index is -0.843. The highest BCUT2D eigenvalue weighted by Gasteiger charge is 2.34. The number of para-hydroxylation sites is 1. The van der Waals surface area contributed by atoms with Crippen molar-refractivity contribution in [3.05, 3.63) is 41.2 Å². The summed E-state index contributed by atoms with van der Waals surface area (Å²) < 4.78 is 19.0. The second-order valence-electron chi connectivity index (χ2n) is 7.89. The van der Waals surface area contributed by atoms with E-state index in [1.165, 1.54) is 0 Å². The van der Waals surface area contributed by atoms with Crippen LogP contribution in [0.15, 0.2) is 35.7 Å². The van der Waals surface area contributed by atoms with E-state index in [1.807, 2.05) is 30.0 Å². The molecule has 1 aliphatic carbocycles. The molecule has 1 aliphatic heterocycles. The summed E-state index contributed by atoms with van der Waals surface area (Å²) in [7, 11) is 0. The van der Waals surface area contributed by atoms with Gasteiger partial charge >= 0.3 is 5.97 Å². The van der Waals surface area contributed by atoms with E-state index in [4.69, 9.17) is 4.74 Å². The molecule has 1 aromatic carbocycles. The number of halogens is 1. The van der Waals surface area contributed by atoms with E-state index in [0.29, 0.717) is 24.8 Å². The summed E-state index contributed by atoms with van der Waals surface area (Å²) >= 11 is 0. The molecule has 1 heterocycles. The molecule has 5 nitrogen and oxygen atoms in total. The Bertz CT molecular complexity index is 782. The Morgan fingerprint density at radius 1 is 1.21 bits per heavy atom. The molecule has 1 N–H and O–H groups in total. The van der Waals surface area contributed by atoms with Gasteiger partial charge in [0.25, 0.3) is 0 Å². The number of benzene rings is 1. The lowest BCUT2D eigenvalue weighted by atomic mass is 9.86. The fourth-order valence-corrected chi connectivity index (χ4v) is 4.50. The summed E-state index contributed by atoms with van der Waals surface area (Å²) in [4.78, 5) is 26.0. The number of amides is 1. The number of nitrogens with zero attached hydrogens (tertiary/aromatic N) is 1. The Balaban J connectivity index is 1.69. The molecule has 1 amide bonds. The van der Waals surface area contributed by atoms with Gasteiger partial charge < -0.3 is 15.0 Å². The number of rotatable bonds is 5. The first-order chi connectivity index (χ1) is 14.0. The van der Waals surface area contributed by atoms with Crippen LogP contribution in [0.1, 0.15) is 70.9 Å². The molecule has 2 aliphatic rings. The van der Waals surface area contributed by atoms with E-state index < -0.39 is 11.8 Å². The largest absolute Gasteiger partial charge is 0.461 e. The zero-order chi connectivity index (χ0) is 21.0. The highest BCUT2D eigenvalue weighted by Crippen LogP contribution is 2.39. The Hall–Kier alpha value is -2.21. The normalized spacial score (nSPS) is 24.1. The highest BCUT2D eigenvalue weighted by molar-refractivity contribution is 5.95. The molecule has 0 bridgehead atoms. The molecule has 0 saturated heterocycles. The van der Waals surface area contributed by atoms with Gasteiger partial charge in [-0.1, -0.05) is 25.1 Å². The van der Waals surface area contributed by atoms with Gasteiger partial charge in [0.05, 0.1) is 6.61 Å². The van der Waals surface area contributed by atoms with Gasteiger partial charge in [-0.25, -0.2) is 4.79 Å². The number of nitrogens with one attached hydrogen (secondary N) is 1. The van der Waals surface area contributed by atoms with Gasteiger partial charge in [-0.3, -0.25) is 4.79 Å². The van der Waals surface area contributed by atoms with Crippen molar-refractivity contribution in [1.82, 2.24) is 5.32 Å². The van der Waals surface area contributed by atoms with Gasteiger partial charge in [0.2, 0.25) is 11.7 Å². The highest BCUT2D eigenvalue weighted by atomic mass is 19.1. The molecular formula is C23H31FN2O3. The molecular weight excluding hydrogens is 371 g/mol. The molecule has 0 aromatic heterocycles. The van der Waals surface area contributed by atoms with E-state index in [-0.39, 0.29) is 30.6 Å². The van der Waals surface area contributed by atoms with E-state index in [0.717, 1.165) is 30.5 Å². The van der Waals surface area contributed by atoms with Crippen LogP contribution in [-0.4, -0.2) is 30.6 Å². The van der Waals surface area contributed by atoms with Crippen LogP contribution in [0.25, 0.3) is 0 Å². The standard InChI is InChI=1S/C23H31FN2O3/c1-4-21(27)26-15(3)14-19(18-8-6-7-9-20(18)26)25-17-12-10-16(11-13-17)22(24)23(28)29-5-2/h6-9,15,17,19,25H,4-5,10-14H2,1-3H3/t15-,17?,19+/m0/s1. The number of esters is 1. The number of hydrogen-bond acceptors (Lipinski definition) is 4. The summed E-state index contributed by atoms with van der Waals surface area (Å²) in [6, 6.07) is 8.62. The van der Waals surface area contributed by atoms with Gasteiger partial charge in [-0.05, 0) is 63.2 Å². The van der Waals surface area contributed by atoms with Crippen molar-refractivity contribution in [3.8, 4) is 0 Å². The average molecular weight is 403 g/mol. The minimum Gasteiger partial charge on any atom is -0.461 e. The van der Waals surface area contributed by atoms with E-state index >= 15 is 0 Å². The first-order valence-corrected chi connectivity index (χ1v) is 10.7. The van der Waals surface area contributed by atoms with Crippen LogP contribution >= 0.6 is 0 Å². The lowest BCUT2D eigenvalue weighted by Crippen LogP contribution is -2.47. The number of carbonyl (C=O) groups is 2. The van der Waals surface area contributed by atoms with Gasteiger partial charge in [0.1, 0.15) is 0 Å². The third-order valence-electron chi connectivity index (χ3n) is 5.95. The number of allylic oxidation sites excluding steroid dienone is 1. The van der Waals surface area contributed by atoms with Crippen LogP contribution in [0.3, 0.4) is 0 Å². The maximum atomic E-state index is 14.2. The van der Waals surface area contributed by atoms with Crippen LogP contribution in [0.4, 0.5) is 10.1 Å². The fourth-order valence-electron chi connectivity index (χ4n) is 4.50. The Labute approximate surface area is 172 Å². The first-order valence-electron chi connectivity index (χ1n) is 10.7. The molecule has 1 fully saturated rings. The maximum absolute atomic E-state index is 14.2. The van der Waals surface area contributed by atoms with Gasteiger partial charge in [0.15, 0.2) is 0 Å². The van der Waals surface area contributed by atoms with E-state index in [9.17, 15) is 14.0 Å². The lowest BCUT2D eigenvalue weighted by molar-refractivity contribution is -0.140. The molecule has 158 valence electrons. The molecule has 6 heteroatoms. The Morgan fingerprint density at radius 3 is 2.55 bits per heavy atom. The monoisotopic (exact) mass is 402 g/mol. The molecule has 29 heavy (non-hydrogen) atoms. The Kier molecular flexibility index (Phi) is 7.06. The van der Waals surface area contributed by atoms with Crippen molar-refractivity contribution in [1.29, 1.82) is 0 Å². The zero-order valence-corrected chi connectivity index (χ0v) is 17.5. The van der Waals surface area contributed by atoms with Crippen LogP contribution in [0.2, 0.25) is 0 Å². The average Bonchev–Trinajstić information content (AvgIpc) is 2.73. The van der Waals surface area contributed by atoms with Gasteiger partial charge in [-0.2, -0.15) is 4.39 Å². The molecule has 2 atom stereocenters. The maximum Gasteiger partial charge on any atom is 0.367 e. The van der Waals surface area contributed by atoms with Crippen LogP contribution in [0, 0.1) is 0 Å². The van der Waals surface area contributed by atoms with Crippen LogP contribution in [-0.2, 0) is 14.3 Å². The number of carbonyl (C=O) groups excluding carboxylic acids is 2. The topological polar surface area (TPSA) is 58.6 Å². The van der Waals surface area contributed by atoms with Gasteiger partial charge in [-0.15, -0.1) is 0 Å². The lowest BCUT2D eigenvalue weighted by Gasteiger charge is -2.41. The molecule has 0 unspecified atom stereocenters. The minimum absolute atomic E-state index is 0.121. The third kappa shape index (κ3) is 4.69. The first kappa shape index (κ1) is 21.5. The van der Waals surface area contributed by atoms with Crippen molar-refractivity contribution in [2.24, 2.45) is 0 Å². The van der Waals surface area contributed by atoms with Crippen molar-refractivity contribution >= 4 is 17.6 Å². The van der Waals surface area contributed by atoms with Crippen LogP contribution < -0.4 is 10.2 Å². The second-order valence-corrected chi connectivity index (χ2v) is 7.89. The third-order valence-corrected chi connectivity index (χ3v) is 5.95. The number of hydrogen-bond donors (Lipinski definition) is 1. The molecule has 1 saturated carbocycles. The van der Waals surface area contributed by atoms with E-state index in [1.54, 1.807) is 6.92 Å². The molecule has 0 radical (unpaired) electrons. The molecule has 1 aromatic rings. The van der Waals surface area contributed by atoms with Crippen molar-refractivity contribution in [2.45, 2.75) is 77.4 Å². The predicted octanol–water partition coefficient (Wildman–Crippen LogP) is 4.58. The van der Waals surface area contributed by atoms with E-state index in [2.05, 4.69) is 18.3 Å². The summed E-state index contributed by atoms with van der Waals surface area (Å²) in [5.41, 5.74) is 2.70. The second kappa shape index (κ2) is 9.53. The number of ether oxygens (including phenoxy) is 1. The van der Waals surface area contributed by atoms with Crippen molar-refractivity contribution < 1.29 is 18.7 Å². The smallest absolute Gasteiger partial charge is 0.367 e. The SMILES string of the molecule is CCOC(=O)C(F)=C1CCC(N[C@@H]2C[C@H](C)N(C(=O)CC)c3ccccc32)CC1. The quantitative estimate of drug-likeness (QED) is 0.578. The van der Waals surface area contributed by atoms with Crippen LogP contribution in [0.5, 0.6) is 0 Å². The number of anilines is 1. The molecule has 0 spiro atoms. The Morgan fingerprint density at radius 2 is 1.90 bits per heavy atom. The van der Waals surface area contributed by atoms with Gasteiger partial charge in [0, 0.05) is 30.2 Å². The predicted molar refractivity (Wildman–Crippen MR) is 111 cm³/mol. The zero-order valence-electron chi connectivity index (χ0n) is 17.5.